The number of nitrogens with zero attached hydrogens (tertiary/aromatic N) is 1. The number of nitrogens with one attached hydrogen (secondary N) is 1. The van der Waals surface area contributed by atoms with Crippen LogP contribution in [0.3, 0.4) is 0 Å². The van der Waals surface area contributed by atoms with Crippen LogP contribution in [0.5, 0.6) is 17.2 Å². The molecule has 0 spiro atoms. The average Bonchev–Trinajstić information content (AvgIpc) is 2.49. The van der Waals surface area contributed by atoms with Crippen molar-refractivity contribution in [2.24, 2.45) is 0 Å². The van der Waals surface area contributed by atoms with Gasteiger partial charge in [-0.2, -0.15) is 0 Å². The fourth-order valence-electron chi connectivity index (χ4n) is 1.79. The number of hydrogen-bond donors (Lipinski definition) is 1. The highest BCUT2D eigenvalue weighted by Crippen LogP contribution is 2.23. The summed E-state index contributed by atoms with van der Waals surface area (Å²) in [5, 5.41) is 3.32. The van der Waals surface area contributed by atoms with Crippen molar-refractivity contribution in [3.8, 4) is 17.2 Å². The van der Waals surface area contributed by atoms with Gasteiger partial charge in [0.2, 0.25) is 0 Å². The first kappa shape index (κ1) is 14.3. The molecule has 0 fully saturated rings. The molecule has 0 radical (unpaired) electrons. The van der Waals surface area contributed by atoms with Crippen molar-refractivity contribution in [3.63, 3.8) is 0 Å². The summed E-state index contributed by atoms with van der Waals surface area (Å²) in [5.41, 5.74) is 0.976. The molecule has 4 nitrogen and oxygen atoms in total. The second kappa shape index (κ2) is 7.50. The van der Waals surface area contributed by atoms with Crippen LogP contribution in [0.1, 0.15) is 19.0 Å². The van der Waals surface area contributed by atoms with Crippen molar-refractivity contribution < 1.29 is 9.47 Å². The van der Waals surface area contributed by atoms with Gasteiger partial charge in [0.15, 0.2) is 0 Å². The molecule has 1 aromatic carbocycles. The Morgan fingerprint density at radius 3 is 2.50 bits per heavy atom. The van der Waals surface area contributed by atoms with Gasteiger partial charge >= 0.3 is 0 Å². The van der Waals surface area contributed by atoms with E-state index in [1.807, 2.05) is 36.4 Å². The van der Waals surface area contributed by atoms with Crippen molar-refractivity contribution in [1.29, 1.82) is 0 Å². The van der Waals surface area contributed by atoms with Crippen molar-refractivity contribution >= 4 is 0 Å². The molecule has 0 aliphatic carbocycles. The first-order valence-corrected chi connectivity index (χ1v) is 6.79. The molecule has 2 rings (SSSR count). The molecule has 4 heteroatoms. The number of rotatable bonds is 7. The SMILES string of the molecule is CCCNCc1cc(Oc2ccc(OC)cc2)ccn1. The van der Waals surface area contributed by atoms with Crippen LogP contribution in [0.2, 0.25) is 0 Å². The molecular weight excluding hydrogens is 252 g/mol. The standard InChI is InChI=1S/C16H20N2O2/c1-3-9-17-12-13-11-16(8-10-18-13)20-15-6-4-14(19-2)5-7-15/h4-8,10-11,17H,3,9,12H2,1-2H3. The Hall–Kier alpha value is -2.07. The van der Waals surface area contributed by atoms with Crippen LogP contribution in [-0.4, -0.2) is 18.6 Å². The normalized spacial score (nSPS) is 10.3. The minimum Gasteiger partial charge on any atom is -0.497 e. The highest BCUT2D eigenvalue weighted by Gasteiger charge is 2.01. The van der Waals surface area contributed by atoms with Crippen molar-refractivity contribution in [2.75, 3.05) is 13.7 Å². The molecule has 0 bridgehead atoms. The maximum atomic E-state index is 5.80. The fourth-order valence-corrected chi connectivity index (χ4v) is 1.79. The van der Waals surface area contributed by atoms with Crippen molar-refractivity contribution in [2.45, 2.75) is 19.9 Å². The largest absolute Gasteiger partial charge is 0.497 e. The van der Waals surface area contributed by atoms with E-state index >= 15 is 0 Å². The molecule has 0 aliphatic rings. The Kier molecular flexibility index (Phi) is 5.38. The number of benzene rings is 1. The van der Waals surface area contributed by atoms with E-state index in [0.717, 1.165) is 42.5 Å². The lowest BCUT2D eigenvalue weighted by molar-refractivity contribution is 0.413. The van der Waals surface area contributed by atoms with E-state index in [2.05, 4.69) is 17.2 Å². The van der Waals surface area contributed by atoms with Crippen LogP contribution >= 0.6 is 0 Å². The van der Waals surface area contributed by atoms with Crippen LogP contribution in [0.15, 0.2) is 42.6 Å². The second-order valence-corrected chi connectivity index (χ2v) is 4.44. The minimum atomic E-state index is 0.758. The summed E-state index contributed by atoms with van der Waals surface area (Å²) in [6, 6.07) is 11.3. The molecule has 0 saturated heterocycles. The molecule has 2 aromatic rings. The summed E-state index contributed by atoms with van der Waals surface area (Å²) in [4.78, 5) is 4.32. The molecule has 0 amide bonds. The fraction of sp³-hybridized carbons (Fsp3) is 0.312. The number of hydrogen-bond acceptors (Lipinski definition) is 4. The minimum absolute atomic E-state index is 0.758. The maximum absolute atomic E-state index is 5.80. The van der Waals surface area contributed by atoms with Gasteiger partial charge in [-0.15, -0.1) is 0 Å². The van der Waals surface area contributed by atoms with Crippen LogP contribution in [0.4, 0.5) is 0 Å². The summed E-state index contributed by atoms with van der Waals surface area (Å²) >= 11 is 0. The predicted molar refractivity (Wildman–Crippen MR) is 79.3 cm³/mol. The molecule has 106 valence electrons. The number of pyridine rings is 1. The quantitative estimate of drug-likeness (QED) is 0.785. The van der Waals surface area contributed by atoms with Crippen LogP contribution < -0.4 is 14.8 Å². The molecule has 20 heavy (non-hydrogen) atoms. The Balaban J connectivity index is 1.99. The number of methoxy groups -OCH3 is 1. The molecule has 0 aliphatic heterocycles. The molecular formula is C16H20N2O2. The predicted octanol–water partition coefficient (Wildman–Crippen LogP) is 3.38. The summed E-state index contributed by atoms with van der Waals surface area (Å²) in [7, 11) is 1.65. The van der Waals surface area contributed by atoms with E-state index < -0.39 is 0 Å². The average molecular weight is 272 g/mol. The van der Waals surface area contributed by atoms with Gasteiger partial charge < -0.3 is 14.8 Å². The van der Waals surface area contributed by atoms with E-state index in [4.69, 9.17) is 9.47 Å². The van der Waals surface area contributed by atoms with Crippen LogP contribution in [0, 0.1) is 0 Å². The Bertz CT molecular complexity index is 526. The number of ether oxygens (including phenoxy) is 2. The zero-order valence-corrected chi connectivity index (χ0v) is 11.9. The van der Waals surface area contributed by atoms with Gasteiger partial charge in [-0.3, -0.25) is 4.98 Å². The molecule has 0 atom stereocenters. The first-order chi connectivity index (χ1) is 9.81. The lowest BCUT2D eigenvalue weighted by Gasteiger charge is -2.08. The smallest absolute Gasteiger partial charge is 0.130 e. The van der Waals surface area contributed by atoms with Crippen molar-refractivity contribution in [3.05, 3.63) is 48.3 Å². The molecule has 1 aromatic heterocycles. The molecule has 0 saturated carbocycles. The van der Waals surface area contributed by atoms with Gasteiger partial charge in [-0.05, 0) is 43.3 Å². The second-order valence-electron chi connectivity index (χ2n) is 4.44. The first-order valence-electron chi connectivity index (χ1n) is 6.79. The highest BCUT2D eigenvalue weighted by atomic mass is 16.5. The summed E-state index contributed by atoms with van der Waals surface area (Å²) in [6.07, 6.45) is 2.88. The summed E-state index contributed by atoms with van der Waals surface area (Å²) in [6.45, 7) is 3.89. The van der Waals surface area contributed by atoms with Crippen LogP contribution in [0.25, 0.3) is 0 Å². The lowest BCUT2D eigenvalue weighted by atomic mass is 10.3. The van der Waals surface area contributed by atoms with E-state index in [0.29, 0.717) is 0 Å². The Morgan fingerprint density at radius 2 is 1.80 bits per heavy atom. The third-order valence-corrected chi connectivity index (χ3v) is 2.82. The van der Waals surface area contributed by atoms with Gasteiger partial charge in [0.1, 0.15) is 17.2 Å². The summed E-state index contributed by atoms with van der Waals surface area (Å²) < 4.78 is 10.9. The van der Waals surface area contributed by atoms with Gasteiger partial charge in [0, 0.05) is 18.8 Å². The van der Waals surface area contributed by atoms with Gasteiger partial charge in [-0.1, -0.05) is 6.92 Å². The zero-order valence-electron chi connectivity index (χ0n) is 11.9. The highest BCUT2D eigenvalue weighted by molar-refractivity contribution is 5.35. The third kappa shape index (κ3) is 4.24. The summed E-state index contributed by atoms with van der Waals surface area (Å²) in [5.74, 6) is 2.39. The van der Waals surface area contributed by atoms with E-state index in [1.165, 1.54) is 0 Å². The maximum Gasteiger partial charge on any atom is 0.130 e. The monoisotopic (exact) mass is 272 g/mol. The Labute approximate surface area is 119 Å². The Morgan fingerprint density at radius 1 is 1.05 bits per heavy atom. The van der Waals surface area contributed by atoms with Crippen molar-refractivity contribution in [1.82, 2.24) is 10.3 Å². The zero-order chi connectivity index (χ0) is 14.2. The number of aromatic nitrogens is 1. The molecule has 1 heterocycles. The molecule has 0 unspecified atom stereocenters. The van der Waals surface area contributed by atoms with Gasteiger partial charge in [0.05, 0.1) is 12.8 Å². The topological polar surface area (TPSA) is 43.4 Å². The van der Waals surface area contributed by atoms with E-state index in [-0.39, 0.29) is 0 Å². The van der Waals surface area contributed by atoms with Gasteiger partial charge in [0.25, 0.3) is 0 Å². The van der Waals surface area contributed by atoms with Crippen LogP contribution in [-0.2, 0) is 6.54 Å². The molecule has 1 N–H and O–H groups in total. The third-order valence-electron chi connectivity index (χ3n) is 2.82. The van der Waals surface area contributed by atoms with E-state index in [9.17, 15) is 0 Å². The van der Waals surface area contributed by atoms with E-state index in [1.54, 1.807) is 13.3 Å². The van der Waals surface area contributed by atoms with Gasteiger partial charge in [-0.25, -0.2) is 0 Å². The lowest BCUT2D eigenvalue weighted by Crippen LogP contribution is -2.14.